The van der Waals surface area contributed by atoms with Gasteiger partial charge >= 0.3 is 0 Å². The molecule has 0 amide bonds. The van der Waals surface area contributed by atoms with Gasteiger partial charge in [-0.25, -0.2) is 0 Å². The van der Waals surface area contributed by atoms with E-state index in [2.05, 4.69) is 51.2 Å². The standard InChI is InChI=1S/C16H25N/c1-5-10-17-15(16(4)8-9-16)14-7-6-12(2)13(3)11-14/h6-7,11,15,17H,5,8-10H2,1-4H3. The number of aryl methyl sites for hydroxylation is 2. The molecule has 0 aromatic heterocycles. The molecule has 1 unspecified atom stereocenters. The van der Waals surface area contributed by atoms with Gasteiger partial charge in [0, 0.05) is 6.04 Å². The van der Waals surface area contributed by atoms with Gasteiger partial charge in [0.25, 0.3) is 0 Å². The van der Waals surface area contributed by atoms with Gasteiger partial charge in [0.2, 0.25) is 0 Å². The van der Waals surface area contributed by atoms with Gasteiger partial charge < -0.3 is 5.32 Å². The fraction of sp³-hybridized carbons (Fsp3) is 0.625. The Morgan fingerprint density at radius 3 is 2.47 bits per heavy atom. The molecule has 1 fully saturated rings. The van der Waals surface area contributed by atoms with Crippen LogP contribution in [0.2, 0.25) is 0 Å². The van der Waals surface area contributed by atoms with Crippen molar-refractivity contribution in [1.29, 1.82) is 0 Å². The van der Waals surface area contributed by atoms with E-state index in [9.17, 15) is 0 Å². The lowest BCUT2D eigenvalue weighted by molar-refractivity contribution is 0.366. The molecule has 1 aliphatic carbocycles. The second kappa shape index (κ2) is 4.81. The fourth-order valence-electron chi connectivity index (χ4n) is 2.49. The minimum atomic E-state index is 0.497. The van der Waals surface area contributed by atoms with Crippen molar-refractivity contribution in [1.82, 2.24) is 5.32 Å². The first-order valence-electron chi connectivity index (χ1n) is 6.87. The van der Waals surface area contributed by atoms with Crippen LogP contribution in [0.4, 0.5) is 0 Å². The van der Waals surface area contributed by atoms with Gasteiger partial charge in [0.15, 0.2) is 0 Å². The zero-order chi connectivity index (χ0) is 12.5. The summed E-state index contributed by atoms with van der Waals surface area (Å²) in [5.41, 5.74) is 4.78. The Morgan fingerprint density at radius 2 is 1.94 bits per heavy atom. The number of hydrogen-bond acceptors (Lipinski definition) is 1. The van der Waals surface area contributed by atoms with Gasteiger partial charge in [-0.1, -0.05) is 32.0 Å². The van der Waals surface area contributed by atoms with Crippen LogP contribution in [0.3, 0.4) is 0 Å². The van der Waals surface area contributed by atoms with Gasteiger partial charge in [0.1, 0.15) is 0 Å². The Labute approximate surface area is 106 Å². The maximum atomic E-state index is 3.73. The van der Waals surface area contributed by atoms with Crippen LogP contribution in [-0.2, 0) is 0 Å². The molecule has 0 aliphatic heterocycles. The summed E-state index contributed by atoms with van der Waals surface area (Å²) in [4.78, 5) is 0. The Hall–Kier alpha value is -0.820. The average Bonchev–Trinajstić information content (AvgIpc) is 3.03. The molecule has 1 nitrogen and oxygen atoms in total. The van der Waals surface area contributed by atoms with Crippen LogP contribution in [0, 0.1) is 19.3 Å². The Kier molecular flexibility index (Phi) is 3.58. The molecule has 0 bridgehead atoms. The van der Waals surface area contributed by atoms with E-state index in [1.54, 1.807) is 0 Å². The van der Waals surface area contributed by atoms with E-state index in [0.29, 0.717) is 11.5 Å². The predicted molar refractivity (Wildman–Crippen MR) is 74.3 cm³/mol. The van der Waals surface area contributed by atoms with Crippen molar-refractivity contribution in [3.05, 3.63) is 34.9 Å². The van der Waals surface area contributed by atoms with E-state index in [-0.39, 0.29) is 0 Å². The number of nitrogens with one attached hydrogen (secondary N) is 1. The first-order valence-corrected chi connectivity index (χ1v) is 6.87. The van der Waals surface area contributed by atoms with E-state index in [4.69, 9.17) is 0 Å². The lowest BCUT2D eigenvalue weighted by Gasteiger charge is -2.26. The fourth-order valence-corrected chi connectivity index (χ4v) is 2.49. The summed E-state index contributed by atoms with van der Waals surface area (Å²) in [6, 6.07) is 7.48. The first kappa shape index (κ1) is 12.6. The van der Waals surface area contributed by atoms with Gasteiger partial charge in [-0.3, -0.25) is 0 Å². The van der Waals surface area contributed by atoms with Crippen molar-refractivity contribution in [3.63, 3.8) is 0 Å². The molecule has 0 spiro atoms. The summed E-state index contributed by atoms with van der Waals surface area (Å²) in [7, 11) is 0. The maximum absolute atomic E-state index is 3.73. The van der Waals surface area contributed by atoms with Crippen molar-refractivity contribution in [2.45, 2.75) is 53.0 Å². The SMILES string of the molecule is CCCNC(c1ccc(C)c(C)c1)C1(C)CC1. The molecule has 0 heterocycles. The highest BCUT2D eigenvalue weighted by Crippen LogP contribution is 2.54. The summed E-state index contributed by atoms with van der Waals surface area (Å²) in [5.74, 6) is 0. The first-order chi connectivity index (χ1) is 8.07. The van der Waals surface area contributed by atoms with Crippen LogP contribution in [0.1, 0.15) is 55.8 Å². The molecule has 94 valence electrons. The van der Waals surface area contributed by atoms with E-state index < -0.39 is 0 Å². The number of hydrogen-bond donors (Lipinski definition) is 1. The van der Waals surface area contributed by atoms with Crippen LogP contribution in [0.15, 0.2) is 18.2 Å². The van der Waals surface area contributed by atoms with Crippen LogP contribution in [-0.4, -0.2) is 6.54 Å². The lowest BCUT2D eigenvalue weighted by atomic mass is 9.90. The molecule has 1 N–H and O–H groups in total. The summed E-state index contributed by atoms with van der Waals surface area (Å²) in [6.07, 6.45) is 3.93. The molecule has 0 radical (unpaired) electrons. The Bertz CT molecular complexity index is 391. The van der Waals surface area contributed by atoms with Crippen molar-refractivity contribution in [2.24, 2.45) is 5.41 Å². The minimum absolute atomic E-state index is 0.497. The second-order valence-electron chi connectivity index (χ2n) is 5.88. The van der Waals surface area contributed by atoms with Gasteiger partial charge in [-0.15, -0.1) is 0 Å². The predicted octanol–water partition coefficient (Wildman–Crippen LogP) is 4.14. The monoisotopic (exact) mass is 231 g/mol. The molecule has 1 atom stereocenters. The third-order valence-electron chi connectivity index (χ3n) is 4.20. The van der Waals surface area contributed by atoms with Crippen LogP contribution < -0.4 is 5.32 Å². The molecule has 1 saturated carbocycles. The second-order valence-corrected chi connectivity index (χ2v) is 5.88. The largest absolute Gasteiger partial charge is 0.309 e. The molecular formula is C16H25N. The van der Waals surface area contributed by atoms with E-state index in [1.807, 2.05) is 0 Å². The summed E-state index contributed by atoms with van der Waals surface area (Å²) >= 11 is 0. The van der Waals surface area contributed by atoms with Gasteiger partial charge in [0.05, 0.1) is 0 Å². The average molecular weight is 231 g/mol. The minimum Gasteiger partial charge on any atom is -0.309 e. The summed E-state index contributed by atoms with van der Waals surface area (Å²) in [6.45, 7) is 10.2. The molecule has 1 aromatic rings. The summed E-state index contributed by atoms with van der Waals surface area (Å²) in [5, 5.41) is 3.73. The van der Waals surface area contributed by atoms with Crippen molar-refractivity contribution in [2.75, 3.05) is 6.54 Å². The summed E-state index contributed by atoms with van der Waals surface area (Å²) < 4.78 is 0. The Morgan fingerprint density at radius 1 is 1.24 bits per heavy atom. The highest BCUT2D eigenvalue weighted by atomic mass is 14.9. The van der Waals surface area contributed by atoms with Crippen molar-refractivity contribution < 1.29 is 0 Å². The topological polar surface area (TPSA) is 12.0 Å². The van der Waals surface area contributed by atoms with E-state index in [0.717, 1.165) is 6.54 Å². The van der Waals surface area contributed by atoms with Gasteiger partial charge in [-0.05, 0) is 61.8 Å². The molecule has 1 heteroatoms. The van der Waals surface area contributed by atoms with E-state index in [1.165, 1.54) is 36.0 Å². The zero-order valence-corrected chi connectivity index (χ0v) is 11.6. The number of rotatable bonds is 5. The normalized spacial score (nSPS) is 19.1. The molecule has 0 saturated heterocycles. The molecule has 1 aliphatic rings. The third-order valence-corrected chi connectivity index (χ3v) is 4.20. The molecule has 1 aromatic carbocycles. The van der Waals surface area contributed by atoms with Crippen molar-refractivity contribution in [3.8, 4) is 0 Å². The molecule has 17 heavy (non-hydrogen) atoms. The molecular weight excluding hydrogens is 206 g/mol. The number of benzene rings is 1. The maximum Gasteiger partial charge on any atom is 0.0374 e. The highest BCUT2D eigenvalue weighted by Gasteiger charge is 2.45. The van der Waals surface area contributed by atoms with Crippen molar-refractivity contribution >= 4 is 0 Å². The lowest BCUT2D eigenvalue weighted by Crippen LogP contribution is -2.28. The van der Waals surface area contributed by atoms with E-state index >= 15 is 0 Å². The van der Waals surface area contributed by atoms with Crippen LogP contribution in [0.5, 0.6) is 0 Å². The Balaban J connectivity index is 2.22. The quantitative estimate of drug-likeness (QED) is 0.803. The third kappa shape index (κ3) is 2.71. The van der Waals surface area contributed by atoms with Crippen LogP contribution >= 0.6 is 0 Å². The molecule has 2 rings (SSSR count). The zero-order valence-electron chi connectivity index (χ0n) is 11.6. The highest BCUT2D eigenvalue weighted by molar-refractivity contribution is 5.33. The van der Waals surface area contributed by atoms with Gasteiger partial charge in [-0.2, -0.15) is 0 Å². The smallest absolute Gasteiger partial charge is 0.0374 e. The van der Waals surface area contributed by atoms with Crippen LogP contribution in [0.25, 0.3) is 0 Å².